The molecule has 0 amide bonds. The number of aromatic nitrogens is 4. The summed E-state index contributed by atoms with van der Waals surface area (Å²) in [5.41, 5.74) is 2.91. The Kier molecular flexibility index (Phi) is 6.47. The first-order valence-corrected chi connectivity index (χ1v) is 9.50. The molecule has 1 aromatic carbocycles. The van der Waals surface area contributed by atoms with Crippen LogP contribution >= 0.6 is 34.8 Å². The average molecular weight is 424 g/mol. The highest BCUT2D eigenvalue weighted by Crippen LogP contribution is 2.23. The van der Waals surface area contributed by atoms with Gasteiger partial charge >= 0.3 is 6.01 Å². The molecular formula is C19H17Cl3N4O. The molecule has 0 bridgehead atoms. The van der Waals surface area contributed by atoms with Gasteiger partial charge in [-0.25, -0.2) is 9.97 Å². The van der Waals surface area contributed by atoms with Crippen LogP contribution in [0.2, 0.25) is 15.3 Å². The maximum Gasteiger partial charge on any atom is 0.324 e. The fourth-order valence-electron chi connectivity index (χ4n) is 2.64. The minimum absolute atomic E-state index is 0.115. The summed E-state index contributed by atoms with van der Waals surface area (Å²) in [4.78, 5) is 16.7. The summed E-state index contributed by atoms with van der Waals surface area (Å²) in [6.45, 7) is 3.78. The number of halogens is 3. The molecule has 0 aliphatic heterocycles. The molecule has 0 atom stereocenters. The average Bonchev–Trinajstić information content (AvgIpc) is 2.59. The third kappa shape index (κ3) is 5.51. The van der Waals surface area contributed by atoms with Crippen molar-refractivity contribution in [3.05, 3.63) is 68.4 Å². The van der Waals surface area contributed by atoms with E-state index < -0.39 is 0 Å². The van der Waals surface area contributed by atoms with Crippen molar-refractivity contribution in [3.63, 3.8) is 0 Å². The van der Waals surface area contributed by atoms with E-state index in [2.05, 4.69) is 19.9 Å². The lowest BCUT2D eigenvalue weighted by Gasteiger charge is -2.08. The minimum Gasteiger partial charge on any atom is -0.424 e. The number of benzene rings is 1. The molecule has 0 aliphatic carbocycles. The summed E-state index contributed by atoms with van der Waals surface area (Å²) in [5.74, 6) is 1.36. The van der Waals surface area contributed by atoms with E-state index in [9.17, 15) is 0 Å². The van der Waals surface area contributed by atoms with Crippen molar-refractivity contribution in [1.29, 1.82) is 0 Å². The first kappa shape index (κ1) is 19.8. The van der Waals surface area contributed by atoms with Crippen LogP contribution in [0.1, 0.15) is 29.2 Å². The molecule has 3 rings (SSSR count). The van der Waals surface area contributed by atoms with Crippen molar-refractivity contribution in [1.82, 2.24) is 19.9 Å². The molecule has 0 saturated carbocycles. The molecular weight excluding hydrogens is 407 g/mol. The molecule has 2 aromatic heterocycles. The summed E-state index contributed by atoms with van der Waals surface area (Å²) >= 11 is 18.0. The Hall–Kier alpha value is -1.95. The standard InChI is InChI=1S/C19H17Cl3N4O/c1-11-18(22)15(24-12(2)23-11)5-3-4-13-6-8-14(9-7-13)27-19-25-16(20)10-17(21)26-19/h6-10H,3-5H2,1-2H3. The second-order valence-corrected chi connectivity index (χ2v) is 7.16. The maximum atomic E-state index is 6.29. The van der Waals surface area contributed by atoms with Crippen LogP contribution < -0.4 is 4.74 Å². The van der Waals surface area contributed by atoms with Crippen molar-refractivity contribution in [3.8, 4) is 11.8 Å². The van der Waals surface area contributed by atoms with E-state index in [1.807, 2.05) is 38.1 Å². The number of aryl methyl sites for hydroxylation is 4. The van der Waals surface area contributed by atoms with E-state index in [4.69, 9.17) is 39.5 Å². The molecule has 0 saturated heterocycles. The minimum atomic E-state index is 0.115. The predicted octanol–water partition coefficient (Wildman–Crippen LogP) is 5.81. The molecule has 0 radical (unpaired) electrons. The Bertz CT molecular complexity index is 928. The number of hydrogen-bond acceptors (Lipinski definition) is 5. The van der Waals surface area contributed by atoms with Gasteiger partial charge in [-0.2, -0.15) is 9.97 Å². The monoisotopic (exact) mass is 422 g/mol. The van der Waals surface area contributed by atoms with Crippen LogP contribution in [0.25, 0.3) is 0 Å². The highest BCUT2D eigenvalue weighted by molar-refractivity contribution is 6.33. The number of nitrogens with zero attached hydrogens (tertiary/aromatic N) is 4. The van der Waals surface area contributed by atoms with Gasteiger partial charge in [0.05, 0.1) is 16.4 Å². The molecule has 3 aromatic rings. The lowest BCUT2D eigenvalue weighted by atomic mass is 10.1. The smallest absolute Gasteiger partial charge is 0.324 e. The molecule has 8 heteroatoms. The Labute approximate surface area is 172 Å². The van der Waals surface area contributed by atoms with E-state index in [1.165, 1.54) is 11.6 Å². The van der Waals surface area contributed by atoms with Gasteiger partial charge in [-0.15, -0.1) is 0 Å². The largest absolute Gasteiger partial charge is 0.424 e. The van der Waals surface area contributed by atoms with Gasteiger partial charge in [0.15, 0.2) is 0 Å². The molecule has 5 nitrogen and oxygen atoms in total. The fraction of sp³-hybridized carbons (Fsp3) is 0.263. The van der Waals surface area contributed by atoms with Crippen LogP contribution in [-0.2, 0) is 12.8 Å². The first-order chi connectivity index (χ1) is 12.9. The van der Waals surface area contributed by atoms with Gasteiger partial charge in [0.1, 0.15) is 21.9 Å². The summed E-state index contributed by atoms with van der Waals surface area (Å²) in [7, 11) is 0. The van der Waals surface area contributed by atoms with Gasteiger partial charge in [-0.3, -0.25) is 0 Å². The molecule has 0 N–H and O–H groups in total. The van der Waals surface area contributed by atoms with Crippen LogP contribution in [-0.4, -0.2) is 19.9 Å². The third-order valence-corrected chi connectivity index (χ3v) is 4.73. The Morgan fingerprint density at radius 1 is 0.852 bits per heavy atom. The summed E-state index contributed by atoms with van der Waals surface area (Å²) in [6.07, 6.45) is 2.64. The molecule has 140 valence electrons. The lowest BCUT2D eigenvalue weighted by molar-refractivity contribution is 0.442. The van der Waals surface area contributed by atoms with Crippen LogP contribution in [0.4, 0.5) is 0 Å². The maximum absolute atomic E-state index is 6.29. The van der Waals surface area contributed by atoms with Crippen molar-refractivity contribution in [2.75, 3.05) is 0 Å². The number of rotatable bonds is 6. The van der Waals surface area contributed by atoms with E-state index in [-0.39, 0.29) is 16.3 Å². The van der Waals surface area contributed by atoms with Gasteiger partial charge in [0, 0.05) is 6.07 Å². The zero-order chi connectivity index (χ0) is 19.4. The SMILES string of the molecule is Cc1nc(C)c(Cl)c(CCCc2ccc(Oc3nc(Cl)cc(Cl)n3)cc2)n1. The van der Waals surface area contributed by atoms with Crippen LogP contribution in [0.15, 0.2) is 30.3 Å². The zero-order valence-electron chi connectivity index (χ0n) is 14.8. The molecule has 0 unspecified atom stereocenters. The Balaban J connectivity index is 1.58. The topological polar surface area (TPSA) is 60.8 Å². The van der Waals surface area contributed by atoms with E-state index in [0.717, 1.165) is 36.5 Å². The van der Waals surface area contributed by atoms with Gasteiger partial charge in [-0.05, 0) is 50.8 Å². The lowest BCUT2D eigenvalue weighted by Crippen LogP contribution is -2.01. The van der Waals surface area contributed by atoms with Crippen LogP contribution in [0, 0.1) is 13.8 Å². The normalized spacial score (nSPS) is 10.9. The van der Waals surface area contributed by atoms with Crippen LogP contribution in [0.3, 0.4) is 0 Å². The number of ether oxygens (including phenoxy) is 1. The zero-order valence-corrected chi connectivity index (χ0v) is 17.1. The van der Waals surface area contributed by atoms with Crippen molar-refractivity contribution < 1.29 is 4.74 Å². The predicted molar refractivity (Wildman–Crippen MR) is 107 cm³/mol. The number of hydrogen-bond donors (Lipinski definition) is 0. The van der Waals surface area contributed by atoms with E-state index >= 15 is 0 Å². The van der Waals surface area contributed by atoms with Gasteiger partial charge in [0.25, 0.3) is 0 Å². The van der Waals surface area contributed by atoms with Crippen molar-refractivity contribution in [2.24, 2.45) is 0 Å². The first-order valence-electron chi connectivity index (χ1n) is 8.37. The Morgan fingerprint density at radius 3 is 2.19 bits per heavy atom. The molecule has 0 fully saturated rings. The Morgan fingerprint density at radius 2 is 1.52 bits per heavy atom. The van der Waals surface area contributed by atoms with E-state index in [1.54, 1.807) is 0 Å². The second-order valence-electron chi connectivity index (χ2n) is 6.01. The fourth-order valence-corrected chi connectivity index (χ4v) is 3.23. The molecule has 2 heterocycles. The van der Waals surface area contributed by atoms with Gasteiger partial charge in [-0.1, -0.05) is 46.9 Å². The quantitative estimate of drug-likeness (QED) is 0.468. The van der Waals surface area contributed by atoms with Crippen LogP contribution in [0.5, 0.6) is 11.8 Å². The highest BCUT2D eigenvalue weighted by Gasteiger charge is 2.08. The molecule has 27 heavy (non-hydrogen) atoms. The van der Waals surface area contributed by atoms with Crippen molar-refractivity contribution in [2.45, 2.75) is 33.1 Å². The van der Waals surface area contributed by atoms with Gasteiger partial charge < -0.3 is 4.74 Å². The highest BCUT2D eigenvalue weighted by atomic mass is 35.5. The van der Waals surface area contributed by atoms with Crippen molar-refractivity contribution >= 4 is 34.8 Å². The molecule has 0 aliphatic rings. The molecule has 0 spiro atoms. The third-order valence-electron chi connectivity index (χ3n) is 3.85. The second kappa shape index (κ2) is 8.83. The summed E-state index contributed by atoms with van der Waals surface area (Å²) in [5, 5.41) is 1.12. The summed E-state index contributed by atoms with van der Waals surface area (Å²) in [6, 6.07) is 9.29. The van der Waals surface area contributed by atoms with E-state index in [0.29, 0.717) is 10.8 Å². The summed E-state index contributed by atoms with van der Waals surface area (Å²) < 4.78 is 5.59. The van der Waals surface area contributed by atoms with Gasteiger partial charge in [0.2, 0.25) is 0 Å².